The Morgan fingerprint density at radius 3 is 1.47 bits per heavy atom. The molecular weight excluding hydrogens is 204 g/mol. The van der Waals surface area contributed by atoms with Crippen LogP contribution in [-0.4, -0.2) is 0 Å². The van der Waals surface area contributed by atoms with E-state index in [9.17, 15) is 0 Å². The lowest BCUT2D eigenvalue weighted by molar-refractivity contribution is -0.0517. The zero-order valence-corrected chi connectivity index (χ0v) is 14.1. The molecule has 0 aromatic heterocycles. The van der Waals surface area contributed by atoms with Crippen molar-refractivity contribution in [2.75, 3.05) is 0 Å². The van der Waals surface area contributed by atoms with Gasteiger partial charge in [0.1, 0.15) is 0 Å². The van der Waals surface area contributed by atoms with Crippen molar-refractivity contribution in [3.8, 4) is 0 Å². The summed E-state index contributed by atoms with van der Waals surface area (Å²) in [5.74, 6) is 1.58. The van der Waals surface area contributed by atoms with Gasteiger partial charge in [-0.15, -0.1) is 0 Å². The van der Waals surface area contributed by atoms with Gasteiger partial charge in [-0.25, -0.2) is 0 Å². The first-order chi connectivity index (χ1) is 7.39. The second kappa shape index (κ2) is 5.33. The highest BCUT2D eigenvalue weighted by atomic mass is 14.5. The fourth-order valence-electron chi connectivity index (χ4n) is 2.87. The van der Waals surface area contributed by atoms with E-state index in [1.165, 1.54) is 12.8 Å². The molecule has 0 aliphatic carbocycles. The summed E-state index contributed by atoms with van der Waals surface area (Å²) in [5, 5.41) is 0. The van der Waals surface area contributed by atoms with Crippen LogP contribution in [0.1, 0.15) is 82.1 Å². The summed E-state index contributed by atoms with van der Waals surface area (Å²) in [6.45, 7) is 24.1. The smallest absolute Gasteiger partial charge is 0.0223 e. The van der Waals surface area contributed by atoms with Gasteiger partial charge in [0, 0.05) is 0 Å². The molecule has 0 N–H and O–H groups in total. The van der Waals surface area contributed by atoms with Crippen LogP contribution in [0.5, 0.6) is 0 Å². The Kier molecular flexibility index (Phi) is 5.33. The van der Waals surface area contributed by atoms with Gasteiger partial charge in [0.2, 0.25) is 0 Å². The van der Waals surface area contributed by atoms with Gasteiger partial charge in [0.15, 0.2) is 0 Å². The van der Waals surface area contributed by atoms with Crippen molar-refractivity contribution in [2.45, 2.75) is 82.1 Å². The topological polar surface area (TPSA) is 0 Å². The van der Waals surface area contributed by atoms with Crippen LogP contribution in [0, 0.1) is 28.1 Å². The predicted octanol–water partition coefficient (Wildman–Crippen LogP) is 6.16. The zero-order valence-electron chi connectivity index (χ0n) is 14.1. The van der Waals surface area contributed by atoms with E-state index in [2.05, 4.69) is 69.2 Å². The number of hydrogen-bond donors (Lipinski definition) is 0. The maximum absolute atomic E-state index is 2.51. The van der Waals surface area contributed by atoms with E-state index in [1.807, 2.05) is 0 Å². The van der Waals surface area contributed by atoms with Gasteiger partial charge < -0.3 is 0 Å². The van der Waals surface area contributed by atoms with E-state index in [0.717, 1.165) is 11.8 Å². The quantitative estimate of drug-likeness (QED) is 0.540. The van der Waals surface area contributed by atoms with E-state index < -0.39 is 0 Å². The predicted molar refractivity (Wildman–Crippen MR) is 80.3 cm³/mol. The van der Waals surface area contributed by atoms with E-state index in [-0.39, 0.29) is 0 Å². The van der Waals surface area contributed by atoms with Crippen molar-refractivity contribution in [3.05, 3.63) is 0 Å². The summed E-state index contributed by atoms with van der Waals surface area (Å²) in [6, 6.07) is 0. The lowest BCUT2D eigenvalue weighted by Gasteiger charge is -2.54. The maximum Gasteiger partial charge on any atom is -0.0223 e. The molecule has 0 aromatic rings. The Bertz CT molecular complexity index is 229. The molecular formula is C17H36. The van der Waals surface area contributed by atoms with Crippen LogP contribution in [0.25, 0.3) is 0 Å². The van der Waals surface area contributed by atoms with Gasteiger partial charge in [-0.1, -0.05) is 75.7 Å². The van der Waals surface area contributed by atoms with Gasteiger partial charge in [-0.05, 0) is 34.5 Å². The van der Waals surface area contributed by atoms with Crippen molar-refractivity contribution < 1.29 is 0 Å². The third-order valence-corrected chi connectivity index (χ3v) is 5.90. The summed E-state index contributed by atoms with van der Waals surface area (Å²) in [6.07, 6.45) is 2.58. The van der Waals surface area contributed by atoms with Crippen molar-refractivity contribution in [2.24, 2.45) is 28.1 Å². The van der Waals surface area contributed by atoms with Crippen LogP contribution < -0.4 is 0 Å². The Labute approximate surface area is 111 Å². The minimum atomic E-state index is 0.357. The molecule has 0 saturated carbocycles. The summed E-state index contributed by atoms with van der Waals surface area (Å²) in [7, 11) is 0. The first kappa shape index (κ1) is 17.0. The molecule has 0 rings (SSSR count). The highest BCUT2D eigenvalue weighted by Crippen LogP contribution is 2.56. The molecule has 0 aliphatic rings. The number of rotatable bonds is 5. The molecule has 0 bridgehead atoms. The Balaban J connectivity index is 5.29. The minimum absolute atomic E-state index is 0.357. The van der Waals surface area contributed by atoms with Crippen molar-refractivity contribution in [3.63, 3.8) is 0 Å². The molecule has 0 radical (unpaired) electrons. The number of hydrogen-bond acceptors (Lipinski definition) is 0. The molecule has 17 heavy (non-hydrogen) atoms. The van der Waals surface area contributed by atoms with Crippen LogP contribution in [0.3, 0.4) is 0 Å². The van der Waals surface area contributed by atoms with Crippen LogP contribution in [-0.2, 0) is 0 Å². The molecule has 0 amide bonds. The van der Waals surface area contributed by atoms with E-state index >= 15 is 0 Å². The molecule has 0 heteroatoms. The van der Waals surface area contributed by atoms with Crippen molar-refractivity contribution >= 4 is 0 Å². The molecule has 0 nitrogen and oxygen atoms in total. The van der Waals surface area contributed by atoms with Crippen LogP contribution in [0.2, 0.25) is 0 Å². The SMILES string of the molecule is CCC(C)(C)C(C)(CC(C)C(C)C)C(C)(C)C. The van der Waals surface area contributed by atoms with Crippen LogP contribution in [0.4, 0.5) is 0 Å². The zero-order chi connectivity index (χ0) is 14.1. The molecule has 0 saturated heterocycles. The van der Waals surface area contributed by atoms with Crippen LogP contribution >= 0.6 is 0 Å². The molecule has 104 valence electrons. The molecule has 0 fully saturated rings. The van der Waals surface area contributed by atoms with Crippen LogP contribution in [0.15, 0.2) is 0 Å². The largest absolute Gasteiger partial charge is 0.0649 e. The molecule has 0 aromatic carbocycles. The van der Waals surface area contributed by atoms with Gasteiger partial charge >= 0.3 is 0 Å². The summed E-state index contributed by atoms with van der Waals surface area (Å²) >= 11 is 0. The average molecular weight is 240 g/mol. The highest BCUT2D eigenvalue weighted by molar-refractivity contribution is 4.97. The van der Waals surface area contributed by atoms with Gasteiger partial charge in [0.05, 0.1) is 0 Å². The third kappa shape index (κ3) is 3.48. The van der Waals surface area contributed by atoms with Gasteiger partial charge in [0.25, 0.3) is 0 Å². The molecule has 0 aliphatic heterocycles. The second-order valence-electron chi connectivity index (χ2n) is 8.24. The van der Waals surface area contributed by atoms with E-state index in [4.69, 9.17) is 0 Å². The van der Waals surface area contributed by atoms with E-state index in [0.29, 0.717) is 16.2 Å². The molecule has 0 spiro atoms. The lowest BCUT2D eigenvalue weighted by atomic mass is 9.50. The van der Waals surface area contributed by atoms with E-state index in [1.54, 1.807) is 0 Å². The van der Waals surface area contributed by atoms with Gasteiger partial charge in [-0.2, -0.15) is 0 Å². The van der Waals surface area contributed by atoms with Crippen molar-refractivity contribution in [1.29, 1.82) is 0 Å². The first-order valence-corrected chi connectivity index (χ1v) is 7.39. The first-order valence-electron chi connectivity index (χ1n) is 7.39. The molecule has 2 atom stereocenters. The third-order valence-electron chi connectivity index (χ3n) is 5.90. The average Bonchev–Trinajstić information content (AvgIpc) is 2.15. The van der Waals surface area contributed by atoms with Crippen molar-refractivity contribution in [1.82, 2.24) is 0 Å². The monoisotopic (exact) mass is 240 g/mol. The molecule has 2 unspecified atom stereocenters. The fraction of sp³-hybridized carbons (Fsp3) is 1.00. The Morgan fingerprint density at radius 2 is 1.24 bits per heavy atom. The standard InChI is InChI=1S/C17H36/c1-11-16(8,9)17(10,15(5,6)7)12-14(4)13(2)3/h13-14H,11-12H2,1-10H3. The fourth-order valence-corrected chi connectivity index (χ4v) is 2.87. The maximum atomic E-state index is 2.51. The summed E-state index contributed by atoms with van der Waals surface area (Å²) < 4.78 is 0. The normalized spacial score (nSPS) is 19.2. The lowest BCUT2D eigenvalue weighted by Crippen LogP contribution is -2.46. The van der Waals surface area contributed by atoms with Gasteiger partial charge in [-0.3, -0.25) is 0 Å². The summed E-state index contributed by atoms with van der Waals surface area (Å²) in [4.78, 5) is 0. The Morgan fingerprint density at radius 1 is 0.824 bits per heavy atom. The minimum Gasteiger partial charge on any atom is -0.0649 e. The summed E-state index contributed by atoms with van der Waals surface area (Å²) in [5.41, 5.74) is 1.14. The second-order valence-corrected chi connectivity index (χ2v) is 8.24. The molecule has 0 heterocycles. The Hall–Kier alpha value is 0. The highest BCUT2D eigenvalue weighted by Gasteiger charge is 2.48.